The number of para-hydroxylation sites is 1. The van der Waals surface area contributed by atoms with Gasteiger partial charge in [0.2, 0.25) is 0 Å². The minimum atomic E-state index is -1.59. The van der Waals surface area contributed by atoms with Crippen LogP contribution in [0.3, 0.4) is 0 Å². The molecule has 0 amide bonds. The molecule has 2 unspecified atom stereocenters. The third kappa shape index (κ3) is 2.59. The minimum absolute atomic E-state index is 0.153. The van der Waals surface area contributed by atoms with Gasteiger partial charge in [-0.25, -0.2) is 8.78 Å². The Labute approximate surface area is 129 Å². The number of halogens is 2. The maximum atomic E-state index is 15.4. The van der Waals surface area contributed by atoms with Crippen molar-refractivity contribution >= 4 is 0 Å². The maximum absolute atomic E-state index is 15.4. The van der Waals surface area contributed by atoms with Crippen molar-refractivity contribution < 1.29 is 13.5 Å². The Morgan fingerprint density at radius 1 is 1.27 bits per heavy atom. The lowest BCUT2D eigenvalue weighted by atomic mass is 9.99. The fraction of sp³-hybridized carbons (Fsp3) is 0.333. The number of ether oxygens (including phenoxy) is 1. The number of hydrogen-bond donors (Lipinski definition) is 1. The van der Waals surface area contributed by atoms with Gasteiger partial charge in [-0.05, 0) is 43.3 Å². The Morgan fingerprint density at radius 2 is 2.05 bits per heavy atom. The average molecular weight is 303 g/mol. The van der Waals surface area contributed by atoms with Crippen molar-refractivity contribution in [1.29, 1.82) is 0 Å². The third-order valence-electron chi connectivity index (χ3n) is 4.15. The van der Waals surface area contributed by atoms with E-state index in [0.717, 1.165) is 11.1 Å². The van der Waals surface area contributed by atoms with E-state index in [2.05, 4.69) is 5.32 Å². The SMILES string of the molecule is CNCC1(F)Cc2ccc(F)cc2C1Oc1ccccc1C. The van der Waals surface area contributed by atoms with E-state index < -0.39 is 11.8 Å². The zero-order valence-electron chi connectivity index (χ0n) is 12.7. The van der Waals surface area contributed by atoms with Gasteiger partial charge in [0.1, 0.15) is 11.6 Å². The van der Waals surface area contributed by atoms with Gasteiger partial charge in [0.15, 0.2) is 11.8 Å². The summed E-state index contributed by atoms with van der Waals surface area (Å²) in [7, 11) is 1.70. The summed E-state index contributed by atoms with van der Waals surface area (Å²) in [6, 6.07) is 11.9. The molecule has 1 aliphatic carbocycles. The van der Waals surface area contributed by atoms with Crippen molar-refractivity contribution in [2.45, 2.75) is 25.1 Å². The first kappa shape index (κ1) is 15.0. The van der Waals surface area contributed by atoms with Gasteiger partial charge in [0, 0.05) is 18.5 Å². The summed E-state index contributed by atoms with van der Waals surface area (Å²) < 4.78 is 35.0. The number of aryl methyl sites for hydroxylation is 1. The molecular formula is C18H19F2NO. The molecule has 0 aromatic heterocycles. The Hall–Kier alpha value is -1.94. The molecule has 0 radical (unpaired) electrons. The Bertz CT molecular complexity index is 689. The number of rotatable bonds is 4. The first-order valence-corrected chi connectivity index (χ1v) is 7.37. The molecule has 2 nitrogen and oxygen atoms in total. The van der Waals surface area contributed by atoms with E-state index in [4.69, 9.17) is 4.74 Å². The van der Waals surface area contributed by atoms with Gasteiger partial charge in [-0.1, -0.05) is 24.3 Å². The molecule has 22 heavy (non-hydrogen) atoms. The predicted molar refractivity (Wildman–Crippen MR) is 82.4 cm³/mol. The molecule has 3 rings (SSSR count). The Kier molecular flexibility index (Phi) is 3.87. The molecule has 0 aliphatic heterocycles. The van der Waals surface area contributed by atoms with Crippen molar-refractivity contribution in [3.8, 4) is 5.75 Å². The molecule has 2 atom stereocenters. The van der Waals surface area contributed by atoms with Crippen LogP contribution in [-0.4, -0.2) is 19.3 Å². The zero-order chi connectivity index (χ0) is 15.7. The van der Waals surface area contributed by atoms with E-state index in [1.165, 1.54) is 12.1 Å². The lowest BCUT2D eigenvalue weighted by Crippen LogP contribution is -2.41. The summed E-state index contributed by atoms with van der Waals surface area (Å²) in [5.74, 6) is 0.258. The molecule has 116 valence electrons. The number of hydrogen-bond acceptors (Lipinski definition) is 2. The summed E-state index contributed by atoms with van der Waals surface area (Å²) in [6.45, 7) is 2.06. The van der Waals surface area contributed by atoms with E-state index in [1.54, 1.807) is 13.1 Å². The molecule has 0 heterocycles. The highest BCUT2D eigenvalue weighted by atomic mass is 19.1. The zero-order valence-corrected chi connectivity index (χ0v) is 12.7. The van der Waals surface area contributed by atoms with Crippen LogP contribution < -0.4 is 10.1 Å². The number of benzene rings is 2. The largest absolute Gasteiger partial charge is 0.482 e. The van der Waals surface area contributed by atoms with Crippen molar-refractivity contribution in [3.63, 3.8) is 0 Å². The summed E-state index contributed by atoms with van der Waals surface area (Å²) in [5.41, 5.74) is 0.741. The van der Waals surface area contributed by atoms with Crippen LogP contribution in [0.15, 0.2) is 42.5 Å². The lowest BCUT2D eigenvalue weighted by molar-refractivity contribution is 0.0227. The summed E-state index contributed by atoms with van der Waals surface area (Å²) in [5, 5.41) is 2.88. The molecule has 2 aromatic rings. The quantitative estimate of drug-likeness (QED) is 0.929. The summed E-state index contributed by atoms with van der Waals surface area (Å²) in [6.07, 6.45) is -0.591. The fourth-order valence-corrected chi connectivity index (χ4v) is 3.09. The van der Waals surface area contributed by atoms with E-state index >= 15 is 4.39 Å². The molecule has 1 N–H and O–H groups in total. The standard InChI is InChI=1S/C18H19F2NO/c1-12-5-3-4-6-16(12)22-17-15-9-14(19)8-7-13(15)10-18(17,20)11-21-2/h3-9,17,21H,10-11H2,1-2H3. The van der Waals surface area contributed by atoms with Gasteiger partial charge >= 0.3 is 0 Å². The first-order chi connectivity index (χ1) is 10.5. The normalized spacial score (nSPS) is 23.4. The van der Waals surface area contributed by atoms with Crippen LogP contribution in [0.5, 0.6) is 5.75 Å². The lowest BCUT2D eigenvalue weighted by Gasteiger charge is -2.29. The van der Waals surface area contributed by atoms with E-state index in [0.29, 0.717) is 11.3 Å². The topological polar surface area (TPSA) is 21.3 Å². The molecule has 0 saturated carbocycles. The van der Waals surface area contributed by atoms with Gasteiger partial charge < -0.3 is 10.1 Å². The number of nitrogens with one attached hydrogen (secondary N) is 1. The summed E-state index contributed by atoms with van der Waals surface area (Å²) >= 11 is 0. The van der Waals surface area contributed by atoms with Crippen LogP contribution in [0.25, 0.3) is 0 Å². The summed E-state index contributed by atoms with van der Waals surface area (Å²) in [4.78, 5) is 0. The van der Waals surface area contributed by atoms with Crippen LogP contribution >= 0.6 is 0 Å². The van der Waals surface area contributed by atoms with Crippen LogP contribution in [0, 0.1) is 12.7 Å². The van der Waals surface area contributed by atoms with Crippen molar-refractivity contribution in [2.24, 2.45) is 0 Å². The molecule has 0 fully saturated rings. The Balaban J connectivity index is 2.01. The van der Waals surface area contributed by atoms with Gasteiger partial charge in [0.25, 0.3) is 0 Å². The smallest absolute Gasteiger partial charge is 0.168 e. The van der Waals surface area contributed by atoms with Gasteiger partial charge in [-0.2, -0.15) is 0 Å². The van der Waals surface area contributed by atoms with Gasteiger partial charge in [-0.15, -0.1) is 0 Å². The second-order valence-electron chi connectivity index (χ2n) is 5.85. The highest BCUT2D eigenvalue weighted by molar-refractivity contribution is 5.41. The predicted octanol–water partition coefficient (Wildman–Crippen LogP) is 3.74. The van der Waals surface area contributed by atoms with Crippen molar-refractivity contribution in [3.05, 3.63) is 65.0 Å². The number of alkyl halides is 1. The monoisotopic (exact) mass is 303 g/mol. The highest BCUT2D eigenvalue weighted by Gasteiger charge is 2.48. The van der Waals surface area contributed by atoms with Crippen molar-refractivity contribution in [1.82, 2.24) is 5.32 Å². The second-order valence-corrected chi connectivity index (χ2v) is 5.85. The van der Waals surface area contributed by atoms with Gasteiger partial charge in [0.05, 0.1) is 0 Å². The molecule has 1 aliphatic rings. The van der Waals surface area contributed by atoms with Crippen LogP contribution in [0.1, 0.15) is 22.8 Å². The van der Waals surface area contributed by atoms with E-state index in [-0.39, 0.29) is 18.8 Å². The van der Waals surface area contributed by atoms with Gasteiger partial charge in [-0.3, -0.25) is 0 Å². The molecule has 4 heteroatoms. The van der Waals surface area contributed by atoms with E-state index in [1.807, 2.05) is 31.2 Å². The van der Waals surface area contributed by atoms with Crippen molar-refractivity contribution in [2.75, 3.05) is 13.6 Å². The third-order valence-corrected chi connectivity index (χ3v) is 4.15. The molecule has 2 aromatic carbocycles. The first-order valence-electron chi connectivity index (χ1n) is 7.37. The molecular weight excluding hydrogens is 284 g/mol. The highest BCUT2D eigenvalue weighted by Crippen LogP contribution is 2.45. The molecule has 0 saturated heterocycles. The number of fused-ring (bicyclic) bond motifs is 1. The minimum Gasteiger partial charge on any atom is -0.482 e. The average Bonchev–Trinajstić information content (AvgIpc) is 2.74. The Morgan fingerprint density at radius 3 is 2.77 bits per heavy atom. The van der Waals surface area contributed by atoms with Crippen LogP contribution in [-0.2, 0) is 6.42 Å². The van der Waals surface area contributed by atoms with E-state index in [9.17, 15) is 4.39 Å². The second kappa shape index (κ2) is 5.69. The molecule has 0 spiro atoms. The molecule has 0 bridgehead atoms. The fourth-order valence-electron chi connectivity index (χ4n) is 3.09. The van der Waals surface area contributed by atoms with Crippen LogP contribution in [0.4, 0.5) is 8.78 Å². The maximum Gasteiger partial charge on any atom is 0.168 e. The van der Waals surface area contributed by atoms with Crippen LogP contribution in [0.2, 0.25) is 0 Å².